The number of rotatable bonds is 4. The van der Waals surface area contributed by atoms with Gasteiger partial charge in [0.05, 0.1) is 4.92 Å². The van der Waals surface area contributed by atoms with E-state index in [4.69, 9.17) is 0 Å². The third kappa shape index (κ3) is 3.78. The van der Waals surface area contributed by atoms with Crippen LogP contribution in [0.1, 0.15) is 41.6 Å². The second-order valence-electron chi connectivity index (χ2n) is 5.62. The fourth-order valence-corrected chi connectivity index (χ4v) is 2.87. The molecule has 0 aromatic heterocycles. The summed E-state index contributed by atoms with van der Waals surface area (Å²) in [6.45, 7) is 1.78. The number of hydrogen-bond acceptors (Lipinski definition) is 4. The van der Waals surface area contributed by atoms with Crippen LogP contribution in [0.5, 0.6) is 0 Å². The van der Waals surface area contributed by atoms with E-state index in [-0.39, 0.29) is 30.2 Å². The van der Waals surface area contributed by atoms with E-state index in [1.807, 2.05) is 0 Å². The van der Waals surface area contributed by atoms with Crippen LogP contribution in [-0.2, 0) is 0 Å². The normalized spacial score (nSPS) is 21.8. The number of nitro groups is 1. The number of amides is 1. The first-order chi connectivity index (χ1) is 10.0. The molecular weight excluding hydrogens is 272 g/mol. The number of nitrogens with zero attached hydrogens (tertiary/aromatic N) is 1. The largest absolute Gasteiger partial charge is 0.396 e. The average molecular weight is 292 g/mol. The highest BCUT2D eigenvalue weighted by atomic mass is 16.6. The molecule has 0 spiro atoms. The standard InChI is InChI=1S/C15H20N2O4/c1-10-6-12(8-13(7-10)17(20)21)15(19)16-14-5-3-2-4-11(14)9-18/h6-8,11,14,18H,2-5,9H2,1H3,(H,16,19). The van der Waals surface area contributed by atoms with Gasteiger partial charge in [-0.25, -0.2) is 0 Å². The topological polar surface area (TPSA) is 92.5 Å². The zero-order valence-electron chi connectivity index (χ0n) is 12.0. The van der Waals surface area contributed by atoms with Crippen LogP contribution in [0.3, 0.4) is 0 Å². The quantitative estimate of drug-likeness (QED) is 0.657. The van der Waals surface area contributed by atoms with Crippen LogP contribution < -0.4 is 5.32 Å². The second-order valence-corrected chi connectivity index (χ2v) is 5.62. The van der Waals surface area contributed by atoms with E-state index in [0.29, 0.717) is 11.1 Å². The monoisotopic (exact) mass is 292 g/mol. The minimum atomic E-state index is -0.499. The van der Waals surface area contributed by atoms with Crippen molar-refractivity contribution in [2.24, 2.45) is 5.92 Å². The highest BCUT2D eigenvalue weighted by Gasteiger charge is 2.26. The summed E-state index contributed by atoms with van der Waals surface area (Å²) in [7, 11) is 0. The predicted octanol–water partition coefficient (Wildman–Crippen LogP) is 2.18. The molecule has 1 aromatic rings. The maximum atomic E-state index is 12.3. The Morgan fingerprint density at radius 3 is 2.76 bits per heavy atom. The number of nitro benzene ring substituents is 1. The number of aliphatic hydroxyl groups is 1. The maximum absolute atomic E-state index is 12.3. The van der Waals surface area contributed by atoms with Crippen LogP contribution in [0.25, 0.3) is 0 Å². The molecule has 2 unspecified atom stereocenters. The third-order valence-electron chi connectivity index (χ3n) is 4.00. The second kappa shape index (κ2) is 6.67. The molecule has 0 aliphatic heterocycles. The summed E-state index contributed by atoms with van der Waals surface area (Å²) in [6, 6.07) is 4.31. The summed E-state index contributed by atoms with van der Waals surface area (Å²) in [4.78, 5) is 22.6. The van der Waals surface area contributed by atoms with E-state index in [9.17, 15) is 20.0 Å². The van der Waals surface area contributed by atoms with Crippen molar-refractivity contribution in [1.82, 2.24) is 5.32 Å². The van der Waals surface area contributed by atoms with Crippen molar-refractivity contribution in [2.45, 2.75) is 38.6 Å². The fourth-order valence-electron chi connectivity index (χ4n) is 2.87. The number of non-ortho nitro benzene ring substituents is 1. The third-order valence-corrected chi connectivity index (χ3v) is 4.00. The molecule has 6 heteroatoms. The Kier molecular flexibility index (Phi) is 4.90. The van der Waals surface area contributed by atoms with Gasteiger partial charge in [0.15, 0.2) is 0 Å². The molecular formula is C15H20N2O4. The molecule has 2 rings (SSSR count). The van der Waals surface area contributed by atoms with Gasteiger partial charge in [0.1, 0.15) is 0 Å². The Balaban J connectivity index is 2.14. The van der Waals surface area contributed by atoms with Gasteiger partial charge in [-0.05, 0) is 31.4 Å². The lowest BCUT2D eigenvalue weighted by Crippen LogP contribution is -2.43. The van der Waals surface area contributed by atoms with Crippen molar-refractivity contribution in [1.29, 1.82) is 0 Å². The van der Waals surface area contributed by atoms with Crippen molar-refractivity contribution in [3.05, 3.63) is 39.4 Å². The molecule has 1 aromatic carbocycles. The molecule has 1 fully saturated rings. The number of nitrogens with one attached hydrogen (secondary N) is 1. The molecule has 1 aliphatic rings. The van der Waals surface area contributed by atoms with E-state index in [2.05, 4.69) is 5.32 Å². The van der Waals surface area contributed by atoms with Gasteiger partial charge < -0.3 is 10.4 Å². The van der Waals surface area contributed by atoms with Gasteiger partial charge in [0, 0.05) is 36.3 Å². The maximum Gasteiger partial charge on any atom is 0.270 e. The number of aryl methyl sites for hydroxylation is 1. The zero-order chi connectivity index (χ0) is 15.4. The molecule has 6 nitrogen and oxygen atoms in total. The number of aliphatic hydroxyl groups excluding tert-OH is 1. The van der Waals surface area contributed by atoms with Crippen molar-refractivity contribution >= 4 is 11.6 Å². The van der Waals surface area contributed by atoms with E-state index in [1.54, 1.807) is 13.0 Å². The lowest BCUT2D eigenvalue weighted by Gasteiger charge is -2.30. The molecule has 0 bridgehead atoms. The van der Waals surface area contributed by atoms with Crippen LogP contribution in [0.15, 0.2) is 18.2 Å². The summed E-state index contributed by atoms with van der Waals surface area (Å²) in [5.74, 6) is -0.241. The minimum Gasteiger partial charge on any atom is -0.396 e. The number of hydrogen-bond donors (Lipinski definition) is 2. The molecule has 2 atom stereocenters. The van der Waals surface area contributed by atoms with Crippen molar-refractivity contribution in [3.8, 4) is 0 Å². The van der Waals surface area contributed by atoms with Gasteiger partial charge in [-0.15, -0.1) is 0 Å². The number of carbonyl (C=O) groups excluding carboxylic acids is 1. The van der Waals surface area contributed by atoms with E-state index < -0.39 is 4.92 Å². The van der Waals surface area contributed by atoms with Gasteiger partial charge in [-0.2, -0.15) is 0 Å². The Morgan fingerprint density at radius 2 is 2.10 bits per heavy atom. The minimum absolute atomic E-state index is 0.0545. The van der Waals surface area contributed by atoms with Gasteiger partial charge >= 0.3 is 0 Å². The van der Waals surface area contributed by atoms with Crippen LogP contribution in [0, 0.1) is 23.0 Å². The van der Waals surface area contributed by atoms with E-state index >= 15 is 0 Å². The van der Waals surface area contributed by atoms with Gasteiger partial charge in [-0.3, -0.25) is 14.9 Å². The lowest BCUT2D eigenvalue weighted by molar-refractivity contribution is -0.384. The van der Waals surface area contributed by atoms with Gasteiger partial charge in [0.2, 0.25) is 0 Å². The van der Waals surface area contributed by atoms with Crippen LogP contribution in [-0.4, -0.2) is 28.6 Å². The Labute approximate surface area is 123 Å². The molecule has 2 N–H and O–H groups in total. The predicted molar refractivity (Wildman–Crippen MR) is 78.1 cm³/mol. The van der Waals surface area contributed by atoms with Crippen LogP contribution in [0.2, 0.25) is 0 Å². The SMILES string of the molecule is Cc1cc(C(=O)NC2CCCCC2CO)cc([N+](=O)[O-])c1. The number of carbonyl (C=O) groups is 1. The Morgan fingerprint density at radius 1 is 1.38 bits per heavy atom. The summed E-state index contributed by atoms with van der Waals surface area (Å²) < 4.78 is 0. The summed E-state index contributed by atoms with van der Waals surface area (Å²) in [6.07, 6.45) is 3.82. The average Bonchev–Trinajstić information content (AvgIpc) is 2.47. The zero-order valence-corrected chi connectivity index (χ0v) is 12.0. The highest BCUT2D eigenvalue weighted by Crippen LogP contribution is 2.24. The first-order valence-electron chi connectivity index (χ1n) is 7.19. The van der Waals surface area contributed by atoms with Crippen LogP contribution in [0.4, 0.5) is 5.69 Å². The molecule has 114 valence electrons. The smallest absolute Gasteiger partial charge is 0.270 e. The molecule has 21 heavy (non-hydrogen) atoms. The molecule has 1 amide bonds. The lowest BCUT2D eigenvalue weighted by atomic mass is 9.85. The molecule has 1 saturated carbocycles. The molecule has 0 radical (unpaired) electrons. The fraction of sp³-hybridized carbons (Fsp3) is 0.533. The van der Waals surface area contributed by atoms with E-state index in [0.717, 1.165) is 25.7 Å². The van der Waals surface area contributed by atoms with Gasteiger partial charge in [0.25, 0.3) is 11.6 Å². The van der Waals surface area contributed by atoms with E-state index in [1.165, 1.54) is 12.1 Å². The molecule has 0 heterocycles. The van der Waals surface area contributed by atoms with Crippen LogP contribution >= 0.6 is 0 Å². The molecule has 0 saturated heterocycles. The van der Waals surface area contributed by atoms with Gasteiger partial charge in [-0.1, -0.05) is 12.8 Å². The first kappa shape index (κ1) is 15.4. The summed E-state index contributed by atoms with van der Waals surface area (Å²) in [5.41, 5.74) is 0.892. The number of benzene rings is 1. The van der Waals surface area contributed by atoms with Crippen molar-refractivity contribution in [2.75, 3.05) is 6.61 Å². The Hall–Kier alpha value is -1.95. The highest BCUT2D eigenvalue weighted by molar-refractivity contribution is 5.95. The first-order valence-corrected chi connectivity index (χ1v) is 7.19. The summed E-state index contributed by atoms with van der Waals surface area (Å²) in [5, 5.41) is 23.1. The van der Waals surface area contributed by atoms with Crippen molar-refractivity contribution < 1.29 is 14.8 Å². The summed E-state index contributed by atoms with van der Waals surface area (Å²) >= 11 is 0. The Bertz CT molecular complexity index is 544. The van der Waals surface area contributed by atoms with Crippen molar-refractivity contribution in [3.63, 3.8) is 0 Å². The molecule has 1 aliphatic carbocycles.